The fraction of sp³-hybridized carbons (Fsp3) is 0.440. The Morgan fingerprint density at radius 1 is 1.21 bits per heavy atom. The molecule has 0 radical (unpaired) electrons. The summed E-state index contributed by atoms with van der Waals surface area (Å²) in [5.74, 6) is -1.64. The van der Waals surface area contributed by atoms with E-state index in [-0.39, 0.29) is 24.3 Å². The van der Waals surface area contributed by atoms with Crippen LogP contribution in [0.1, 0.15) is 60.5 Å². The number of hydrogen-bond donors (Lipinski definition) is 1. The van der Waals surface area contributed by atoms with Crippen LogP contribution in [0.15, 0.2) is 36.8 Å². The van der Waals surface area contributed by atoms with Crippen molar-refractivity contribution in [2.45, 2.75) is 58.2 Å². The van der Waals surface area contributed by atoms with Crippen molar-refractivity contribution < 1.29 is 22.4 Å². The molecule has 34 heavy (non-hydrogen) atoms. The molecular formula is C25H28F4N4O. The minimum atomic E-state index is -4.42. The molecular weight excluding hydrogens is 448 g/mol. The number of piperidine rings is 1. The maximum absolute atomic E-state index is 15.9. The molecule has 1 amide bonds. The molecule has 182 valence electrons. The summed E-state index contributed by atoms with van der Waals surface area (Å²) < 4.78 is 56.0. The van der Waals surface area contributed by atoms with Gasteiger partial charge in [-0.1, -0.05) is 12.1 Å². The van der Waals surface area contributed by atoms with E-state index in [9.17, 15) is 18.0 Å². The Hall–Kier alpha value is -3.10. The number of likely N-dealkylation sites (tertiary alicyclic amines) is 1. The van der Waals surface area contributed by atoms with Gasteiger partial charge >= 0.3 is 6.18 Å². The van der Waals surface area contributed by atoms with Gasteiger partial charge in [-0.25, -0.2) is 4.39 Å². The molecule has 1 aromatic heterocycles. The first-order chi connectivity index (χ1) is 16.0. The maximum Gasteiger partial charge on any atom is 0.416 e. The molecule has 9 heteroatoms. The summed E-state index contributed by atoms with van der Waals surface area (Å²) in [6.07, 6.45) is 2.83. The lowest BCUT2D eigenvalue weighted by Crippen LogP contribution is -2.51. The molecule has 1 saturated heterocycles. The van der Waals surface area contributed by atoms with Gasteiger partial charge in [-0.3, -0.25) is 9.78 Å². The smallest absolute Gasteiger partial charge is 0.377 e. The molecule has 2 aromatic rings. The van der Waals surface area contributed by atoms with Crippen molar-refractivity contribution in [3.8, 4) is 0 Å². The Labute approximate surface area is 196 Å². The van der Waals surface area contributed by atoms with Crippen molar-refractivity contribution in [3.63, 3.8) is 0 Å². The van der Waals surface area contributed by atoms with Crippen molar-refractivity contribution in [1.82, 2.24) is 14.8 Å². The third-order valence-electron chi connectivity index (χ3n) is 6.86. The second kappa shape index (κ2) is 8.92. The highest BCUT2D eigenvalue weighted by molar-refractivity contribution is 5.73. The molecule has 3 heterocycles. The number of carbonyl (C=O) groups is 1. The van der Waals surface area contributed by atoms with E-state index in [2.05, 4.69) is 10.3 Å². The lowest BCUT2D eigenvalue weighted by molar-refractivity contribution is -0.138. The highest BCUT2D eigenvalue weighted by atomic mass is 19.4. The van der Waals surface area contributed by atoms with E-state index < -0.39 is 23.6 Å². The number of hydrogen-bond acceptors (Lipinski definition) is 4. The number of fused-ring (bicyclic) bond motifs is 1. The number of carbonyl (C=O) groups excluding carboxylic acids is 1. The normalized spacial score (nSPS) is 18.4. The summed E-state index contributed by atoms with van der Waals surface area (Å²) in [7, 11) is 0. The van der Waals surface area contributed by atoms with Crippen LogP contribution < -0.4 is 5.32 Å². The number of alkyl halides is 4. The van der Waals surface area contributed by atoms with E-state index in [1.165, 1.54) is 19.9 Å². The molecule has 1 fully saturated rings. The fourth-order valence-corrected chi connectivity index (χ4v) is 4.81. The highest BCUT2D eigenvalue weighted by Crippen LogP contribution is 2.38. The zero-order valence-corrected chi connectivity index (χ0v) is 19.4. The maximum atomic E-state index is 15.9. The Morgan fingerprint density at radius 3 is 2.56 bits per heavy atom. The molecule has 0 spiro atoms. The lowest BCUT2D eigenvalue weighted by Gasteiger charge is -2.44. The van der Waals surface area contributed by atoms with E-state index in [4.69, 9.17) is 0 Å². The van der Waals surface area contributed by atoms with Crippen molar-refractivity contribution in [3.05, 3.63) is 64.6 Å². The third kappa shape index (κ3) is 4.60. The van der Waals surface area contributed by atoms with Gasteiger partial charge < -0.3 is 15.1 Å². The first-order valence-electron chi connectivity index (χ1n) is 11.3. The molecule has 1 atom stereocenters. The van der Waals surface area contributed by atoms with Crippen LogP contribution in [0.3, 0.4) is 0 Å². The lowest BCUT2D eigenvalue weighted by atomic mass is 9.95. The number of anilines is 1. The van der Waals surface area contributed by atoms with Gasteiger partial charge in [-0.05, 0) is 37.1 Å². The molecule has 2 aliphatic heterocycles. The van der Waals surface area contributed by atoms with Crippen LogP contribution in [0.25, 0.3) is 6.08 Å². The van der Waals surface area contributed by atoms with Gasteiger partial charge in [0.05, 0.1) is 17.4 Å². The molecule has 5 nitrogen and oxygen atoms in total. The summed E-state index contributed by atoms with van der Waals surface area (Å²) in [4.78, 5) is 19.2. The molecule has 0 unspecified atom stereocenters. The Morgan fingerprint density at radius 2 is 1.91 bits per heavy atom. The molecule has 1 N–H and O–H groups in total. The Bertz CT molecular complexity index is 1110. The van der Waals surface area contributed by atoms with E-state index in [1.807, 2.05) is 0 Å². The predicted octanol–water partition coefficient (Wildman–Crippen LogP) is 5.68. The third-order valence-corrected chi connectivity index (χ3v) is 6.86. The number of halogens is 4. The molecule has 4 rings (SSSR count). The van der Waals surface area contributed by atoms with E-state index in [0.717, 1.165) is 17.2 Å². The van der Waals surface area contributed by atoms with Crippen molar-refractivity contribution in [2.24, 2.45) is 0 Å². The number of nitrogens with one attached hydrogen (secondary N) is 1. The standard InChI is InChI=1S/C25H28F4N4O/c1-16-20(5-4-6-22(16)25(27,28)29)17(2)31-23-14-30-13-19-7-10-33(15-21(19)23)24(26)8-11-32(12-9-24)18(3)34/h4-7,10,13-14,17,31H,8-9,11-12,15H2,1-3H3/t17-/m1/s1. The average molecular weight is 477 g/mol. The van der Waals surface area contributed by atoms with Gasteiger partial charge in [0.15, 0.2) is 5.79 Å². The van der Waals surface area contributed by atoms with E-state index in [0.29, 0.717) is 30.9 Å². The van der Waals surface area contributed by atoms with Crippen LogP contribution in [0.4, 0.5) is 23.2 Å². The van der Waals surface area contributed by atoms with E-state index >= 15 is 4.39 Å². The van der Waals surface area contributed by atoms with Gasteiger partial charge in [-0.2, -0.15) is 13.2 Å². The Balaban J connectivity index is 1.56. The minimum absolute atomic E-state index is 0.0574. The SMILES string of the molecule is CC(=O)N1CCC(F)(N2C=Cc3cncc(N[C@H](C)c4cccc(C(F)(F)F)c4C)c3C2)CC1. The van der Waals surface area contributed by atoms with Gasteiger partial charge in [0.25, 0.3) is 0 Å². The summed E-state index contributed by atoms with van der Waals surface area (Å²) in [6, 6.07) is 3.75. The second-order valence-electron chi connectivity index (χ2n) is 9.01. The minimum Gasteiger partial charge on any atom is -0.377 e. The monoisotopic (exact) mass is 476 g/mol. The molecule has 1 aromatic carbocycles. The summed E-state index contributed by atoms with van der Waals surface area (Å²) in [5.41, 5.74) is 2.38. The molecule has 0 bridgehead atoms. The van der Waals surface area contributed by atoms with Crippen LogP contribution in [-0.2, 0) is 17.5 Å². The molecule has 0 aliphatic carbocycles. The summed E-state index contributed by atoms with van der Waals surface area (Å²) >= 11 is 0. The first-order valence-corrected chi connectivity index (χ1v) is 11.3. The first kappa shape index (κ1) is 24.0. The van der Waals surface area contributed by atoms with Crippen molar-refractivity contribution >= 4 is 17.7 Å². The number of amides is 1. The number of benzene rings is 1. The second-order valence-corrected chi connectivity index (χ2v) is 9.01. The zero-order valence-electron chi connectivity index (χ0n) is 19.4. The summed E-state index contributed by atoms with van der Waals surface area (Å²) in [6.45, 7) is 5.76. The van der Waals surface area contributed by atoms with Gasteiger partial charge in [-0.15, -0.1) is 0 Å². The number of pyridine rings is 1. The zero-order chi connectivity index (χ0) is 24.7. The number of rotatable bonds is 4. The topological polar surface area (TPSA) is 48.5 Å². The number of aromatic nitrogens is 1. The average Bonchev–Trinajstić information content (AvgIpc) is 2.78. The largest absolute Gasteiger partial charge is 0.416 e. The van der Waals surface area contributed by atoms with Crippen LogP contribution in [0.5, 0.6) is 0 Å². The number of nitrogens with zero attached hydrogens (tertiary/aromatic N) is 3. The van der Waals surface area contributed by atoms with E-state index in [1.54, 1.807) is 47.5 Å². The van der Waals surface area contributed by atoms with Gasteiger partial charge in [0.1, 0.15) is 0 Å². The van der Waals surface area contributed by atoms with Crippen LogP contribution in [0, 0.1) is 6.92 Å². The fourth-order valence-electron chi connectivity index (χ4n) is 4.81. The van der Waals surface area contributed by atoms with Crippen LogP contribution >= 0.6 is 0 Å². The van der Waals surface area contributed by atoms with Gasteiger partial charge in [0.2, 0.25) is 5.91 Å². The summed E-state index contributed by atoms with van der Waals surface area (Å²) in [5, 5.41) is 3.30. The van der Waals surface area contributed by atoms with Crippen LogP contribution in [-0.4, -0.2) is 39.6 Å². The van der Waals surface area contributed by atoms with Gasteiger partial charge in [0, 0.05) is 69.0 Å². The molecule has 0 saturated carbocycles. The van der Waals surface area contributed by atoms with Crippen molar-refractivity contribution in [2.75, 3.05) is 18.4 Å². The Kier molecular flexibility index (Phi) is 6.31. The quantitative estimate of drug-likeness (QED) is 0.456. The molecule has 2 aliphatic rings. The predicted molar refractivity (Wildman–Crippen MR) is 122 cm³/mol. The van der Waals surface area contributed by atoms with Crippen molar-refractivity contribution in [1.29, 1.82) is 0 Å². The van der Waals surface area contributed by atoms with Crippen LogP contribution in [0.2, 0.25) is 0 Å². The highest BCUT2D eigenvalue weighted by Gasteiger charge is 2.40.